The SMILES string of the molecule is C=Cc1c(C)c(CC2(C)C=CC(C(C)C)=CC2)cc(-c2ccc(CCCCCCCCCCC)cc2)c1C. The third-order valence-electron chi connectivity index (χ3n) is 8.79. The molecule has 0 bridgehead atoms. The highest BCUT2D eigenvalue weighted by Gasteiger charge is 2.25. The highest BCUT2D eigenvalue weighted by atomic mass is 14.3. The predicted octanol–water partition coefficient (Wildman–Crippen LogP) is 11.8. The molecule has 2 aromatic rings. The Morgan fingerprint density at radius 1 is 0.895 bits per heavy atom. The van der Waals surface area contributed by atoms with Crippen LogP contribution < -0.4 is 0 Å². The van der Waals surface area contributed by atoms with Crippen LogP contribution in [-0.2, 0) is 12.8 Å². The monoisotopic (exact) mass is 510 g/mol. The zero-order valence-corrected chi connectivity index (χ0v) is 25.5. The number of unbranched alkanes of at least 4 members (excludes halogenated alkanes) is 8. The smallest absolute Gasteiger partial charge is 0.00682 e. The van der Waals surface area contributed by atoms with Crippen LogP contribution in [0.4, 0.5) is 0 Å². The van der Waals surface area contributed by atoms with Crippen LogP contribution in [-0.4, -0.2) is 0 Å². The van der Waals surface area contributed by atoms with Crippen LogP contribution >= 0.6 is 0 Å². The predicted molar refractivity (Wildman–Crippen MR) is 171 cm³/mol. The third kappa shape index (κ3) is 8.33. The summed E-state index contributed by atoms with van der Waals surface area (Å²) in [4.78, 5) is 0. The first-order valence-corrected chi connectivity index (χ1v) is 15.5. The number of hydrogen-bond donors (Lipinski definition) is 0. The van der Waals surface area contributed by atoms with Crippen molar-refractivity contribution in [2.45, 2.75) is 119 Å². The van der Waals surface area contributed by atoms with Gasteiger partial charge in [-0.2, -0.15) is 0 Å². The van der Waals surface area contributed by atoms with E-state index in [0.717, 1.165) is 12.8 Å². The second-order valence-corrected chi connectivity index (χ2v) is 12.5. The minimum absolute atomic E-state index is 0.160. The maximum Gasteiger partial charge on any atom is -0.00682 e. The van der Waals surface area contributed by atoms with Gasteiger partial charge in [0.25, 0.3) is 0 Å². The molecule has 0 saturated heterocycles. The Labute approximate surface area is 235 Å². The van der Waals surface area contributed by atoms with E-state index in [1.807, 2.05) is 0 Å². The van der Waals surface area contributed by atoms with Gasteiger partial charge in [-0.05, 0) is 95.4 Å². The summed E-state index contributed by atoms with van der Waals surface area (Å²) in [6.07, 6.45) is 25.2. The molecule has 0 heterocycles. The fourth-order valence-electron chi connectivity index (χ4n) is 6.05. The van der Waals surface area contributed by atoms with E-state index in [9.17, 15) is 0 Å². The molecule has 0 spiro atoms. The summed E-state index contributed by atoms with van der Waals surface area (Å²) in [6, 6.07) is 11.9. The molecule has 0 heteroatoms. The number of aryl methyl sites for hydroxylation is 1. The Morgan fingerprint density at radius 3 is 2.08 bits per heavy atom. The lowest BCUT2D eigenvalue weighted by Gasteiger charge is -2.30. The van der Waals surface area contributed by atoms with Gasteiger partial charge in [0.15, 0.2) is 0 Å². The van der Waals surface area contributed by atoms with Gasteiger partial charge in [-0.3, -0.25) is 0 Å². The van der Waals surface area contributed by atoms with E-state index in [0.29, 0.717) is 5.92 Å². The largest absolute Gasteiger partial charge is 0.0984 e. The van der Waals surface area contributed by atoms with Crippen molar-refractivity contribution in [3.8, 4) is 11.1 Å². The first kappa shape index (κ1) is 30.2. The maximum absolute atomic E-state index is 4.19. The molecule has 0 N–H and O–H groups in total. The van der Waals surface area contributed by atoms with Crippen LogP contribution in [0.15, 0.2) is 60.7 Å². The van der Waals surface area contributed by atoms with Crippen molar-refractivity contribution in [3.05, 3.63) is 88.5 Å². The topological polar surface area (TPSA) is 0 Å². The molecule has 0 fully saturated rings. The summed E-state index contributed by atoms with van der Waals surface area (Å²) in [5.41, 5.74) is 11.3. The first-order valence-electron chi connectivity index (χ1n) is 15.5. The fraction of sp³-hybridized carbons (Fsp3) is 0.526. The van der Waals surface area contributed by atoms with Crippen molar-refractivity contribution in [2.24, 2.45) is 11.3 Å². The molecule has 2 aromatic carbocycles. The van der Waals surface area contributed by atoms with Gasteiger partial charge in [0.05, 0.1) is 0 Å². The van der Waals surface area contributed by atoms with E-state index >= 15 is 0 Å². The Kier molecular flexibility index (Phi) is 11.7. The summed E-state index contributed by atoms with van der Waals surface area (Å²) < 4.78 is 0. The first-order chi connectivity index (χ1) is 18.3. The quantitative estimate of drug-likeness (QED) is 0.209. The van der Waals surface area contributed by atoms with Gasteiger partial charge in [-0.1, -0.05) is 140 Å². The van der Waals surface area contributed by atoms with E-state index in [-0.39, 0.29) is 5.41 Å². The van der Waals surface area contributed by atoms with Gasteiger partial charge in [-0.15, -0.1) is 0 Å². The molecule has 1 aliphatic rings. The zero-order valence-electron chi connectivity index (χ0n) is 25.5. The molecular weight excluding hydrogens is 456 g/mol. The summed E-state index contributed by atoms with van der Waals surface area (Å²) in [7, 11) is 0. The standard InChI is InChI=1S/C38H54/c1-8-10-11-12-13-14-15-16-17-18-32-19-21-34(22-20-32)37-27-35(30(5)36(9-2)31(37)6)28-38(7)25-23-33(24-26-38)29(3)4/h9,19-25,27,29H,2,8,10-18,26,28H2,1,3-7H3. The second kappa shape index (κ2) is 14.7. The van der Waals surface area contributed by atoms with Crippen LogP contribution in [0, 0.1) is 25.2 Å². The van der Waals surface area contributed by atoms with Crippen molar-refractivity contribution in [1.29, 1.82) is 0 Å². The summed E-state index contributed by atoms with van der Waals surface area (Å²) in [5, 5.41) is 0. The molecule has 1 unspecified atom stereocenters. The number of benzene rings is 2. The minimum Gasteiger partial charge on any atom is -0.0984 e. The van der Waals surface area contributed by atoms with Gasteiger partial charge in [0.1, 0.15) is 0 Å². The second-order valence-electron chi connectivity index (χ2n) is 12.5. The van der Waals surface area contributed by atoms with Crippen LogP contribution in [0.25, 0.3) is 17.2 Å². The summed E-state index contributed by atoms with van der Waals surface area (Å²) in [5.74, 6) is 0.596. The lowest BCUT2D eigenvalue weighted by Crippen LogP contribution is -2.20. The third-order valence-corrected chi connectivity index (χ3v) is 8.79. The summed E-state index contributed by atoms with van der Waals surface area (Å²) in [6.45, 7) is 18.0. The molecular formula is C38H54. The fourth-order valence-corrected chi connectivity index (χ4v) is 6.05. The molecule has 0 nitrogen and oxygen atoms in total. The van der Waals surface area contributed by atoms with E-state index in [4.69, 9.17) is 0 Å². The van der Waals surface area contributed by atoms with Crippen molar-refractivity contribution >= 4 is 6.08 Å². The van der Waals surface area contributed by atoms with E-state index < -0.39 is 0 Å². The highest BCUT2D eigenvalue weighted by Crippen LogP contribution is 2.39. The van der Waals surface area contributed by atoms with Crippen LogP contribution in [0.1, 0.15) is 120 Å². The van der Waals surface area contributed by atoms with Gasteiger partial charge in [0, 0.05) is 0 Å². The van der Waals surface area contributed by atoms with Gasteiger partial charge >= 0.3 is 0 Å². The van der Waals surface area contributed by atoms with Crippen LogP contribution in [0.3, 0.4) is 0 Å². The van der Waals surface area contributed by atoms with Gasteiger partial charge in [0.2, 0.25) is 0 Å². The lowest BCUT2D eigenvalue weighted by atomic mass is 9.74. The Hall–Kier alpha value is -2.34. The molecule has 3 rings (SSSR count). The van der Waals surface area contributed by atoms with E-state index in [2.05, 4.69) is 103 Å². The van der Waals surface area contributed by atoms with Gasteiger partial charge in [-0.25, -0.2) is 0 Å². The molecule has 0 aromatic heterocycles. The average Bonchev–Trinajstić information content (AvgIpc) is 2.90. The van der Waals surface area contributed by atoms with Crippen molar-refractivity contribution < 1.29 is 0 Å². The molecule has 1 aliphatic carbocycles. The molecule has 0 saturated carbocycles. The molecule has 0 radical (unpaired) electrons. The molecule has 38 heavy (non-hydrogen) atoms. The number of rotatable bonds is 15. The van der Waals surface area contributed by atoms with Crippen LogP contribution in [0.5, 0.6) is 0 Å². The molecule has 0 aliphatic heterocycles. The normalized spacial score (nSPS) is 17.2. The summed E-state index contributed by atoms with van der Waals surface area (Å²) >= 11 is 0. The van der Waals surface area contributed by atoms with Crippen molar-refractivity contribution in [1.82, 2.24) is 0 Å². The van der Waals surface area contributed by atoms with E-state index in [1.54, 1.807) is 0 Å². The van der Waals surface area contributed by atoms with E-state index in [1.165, 1.54) is 109 Å². The van der Waals surface area contributed by atoms with Crippen molar-refractivity contribution in [3.63, 3.8) is 0 Å². The highest BCUT2D eigenvalue weighted by molar-refractivity contribution is 5.75. The minimum atomic E-state index is 0.160. The maximum atomic E-state index is 4.19. The lowest BCUT2D eigenvalue weighted by molar-refractivity contribution is 0.421. The van der Waals surface area contributed by atoms with Crippen LogP contribution in [0.2, 0.25) is 0 Å². The Balaban J connectivity index is 1.66. The number of allylic oxidation sites excluding steroid dienone is 4. The zero-order chi connectivity index (χ0) is 27.5. The average molecular weight is 511 g/mol. The molecule has 206 valence electrons. The molecule has 0 amide bonds. The van der Waals surface area contributed by atoms with Gasteiger partial charge < -0.3 is 0 Å². The molecule has 1 atom stereocenters. The Bertz CT molecular complexity index is 1090. The van der Waals surface area contributed by atoms with Crippen molar-refractivity contribution in [2.75, 3.05) is 0 Å². The Morgan fingerprint density at radius 2 is 1.53 bits per heavy atom. The number of hydrogen-bond acceptors (Lipinski definition) is 0.